The predicted molar refractivity (Wildman–Crippen MR) is 74.6 cm³/mol. The van der Waals surface area contributed by atoms with Crippen LogP contribution >= 0.6 is 11.6 Å². The molecule has 0 heterocycles. The van der Waals surface area contributed by atoms with Crippen LogP contribution in [0.3, 0.4) is 0 Å². The van der Waals surface area contributed by atoms with Crippen molar-refractivity contribution in [2.75, 3.05) is 5.32 Å². The zero-order chi connectivity index (χ0) is 13.8. The van der Waals surface area contributed by atoms with Crippen molar-refractivity contribution in [2.24, 2.45) is 0 Å². The number of nitrogens with one attached hydrogen (secondary N) is 1. The van der Waals surface area contributed by atoms with E-state index in [9.17, 15) is 4.39 Å². The van der Waals surface area contributed by atoms with Gasteiger partial charge in [-0.15, -0.1) is 0 Å². The molecule has 1 atom stereocenters. The van der Waals surface area contributed by atoms with Crippen molar-refractivity contribution in [3.63, 3.8) is 0 Å². The van der Waals surface area contributed by atoms with Gasteiger partial charge in [-0.05, 0) is 42.8 Å². The Morgan fingerprint density at radius 1 is 1.26 bits per heavy atom. The molecule has 0 fully saturated rings. The summed E-state index contributed by atoms with van der Waals surface area (Å²) < 4.78 is 13.2. The van der Waals surface area contributed by atoms with Gasteiger partial charge in [-0.3, -0.25) is 0 Å². The Bertz CT molecular complexity index is 634. The second-order valence-electron chi connectivity index (χ2n) is 4.23. The Morgan fingerprint density at radius 3 is 2.68 bits per heavy atom. The number of benzene rings is 2. The van der Waals surface area contributed by atoms with E-state index >= 15 is 0 Å². The number of nitrogens with zero attached hydrogens (tertiary/aromatic N) is 1. The highest BCUT2D eigenvalue weighted by Gasteiger charge is 2.08. The average molecular weight is 275 g/mol. The Kier molecular flexibility index (Phi) is 4.03. The molecule has 2 rings (SSSR count). The summed E-state index contributed by atoms with van der Waals surface area (Å²) in [6, 6.07) is 13.4. The molecule has 0 aliphatic carbocycles. The lowest BCUT2D eigenvalue weighted by Gasteiger charge is -2.17. The monoisotopic (exact) mass is 274 g/mol. The van der Waals surface area contributed by atoms with E-state index in [2.05, 4.69) is 5.32 Å². The van der Waals surface area contributed by atoms with Crippen molar-refractivity contribution in [2.45, 2.75) is 13.0 Å². The van der Waals surface area contributed by atoms with Crippen molar-refractivity contribution >= 4 is 17.3 Å². The first-order chi connectivity index (χ1) is 9.10. The maximum Gasteiger partial charge on any atom is 0.123 e. The molecular weight excluding hydrogens is 263 g/mol. The van der Waals surface area contributed by atoms with E-state index in [0.717, 1.165) is 11.3 Å². The highest BCUT2D eigenvalue weighted by Crippen LogP contribution is 2.27. The minimum Gasteiger partial charge on any atom is -0.377 e. The summed E-state index contributed by atoms with van der Waals surface area (Å²) in [4.78, 5) is 0. The molecule has 0 aliphatic heterocycles. The van der Waals surface area contributed by atoms with Crippen molar-refractivity contribution in [3.8, 4) is 6.07 Å². The Hall–Kier alpha value is -2.05. The fraction of sp³-hybridized carbons (Fsp3) is 0.133. The average Bonchev–Trinajstić information content (AvgIpc) is 2.41. The summed E-state index contributed by atoms with van der Waals surface area (Å²) in [6.45, 7) is 1.92. The van der Waals surface area contributed by atoms with E-state index < -0.39 is 0 Å². The molecule has 0 aromatic heterocycles. The van der Waals surface area contributed by atoms with Gasteiger partial charge in [0, 0.05) is 6.04 Å². The quantitative estimate of drug-likeness (QED) is 0.893. The van der Waals surface area contributed by atoms with E-state index in [0.29, 0.717) is 10.6 Å². The Morgan fingerprint density at radius 2 is 2.05 bits per heavy atom. The fourth-order valence-electron chi connectivity index (χ4n) is 1.79. The van der Waals surface area contributed by atoms with Crippen molar-refractivity contribution in [3.05, 3.63) is 64.4 Å². The normalized spacial score (nSPS) is 11.7. The lowest BCUT2D eigenvalue weighted by molar-refractivity contribution is 0.623. The highest BCUT2D eigenvalue weighted by atomic mass is 35.5. The van der Waals surface area contributed by atoms with Crippen LogP contribution in [-0.2, 0) is 0 Å². The number of nitriles is 1. The van der Waals surface area contributed by atoms with Crippen LogP contribution in [0.25, 0.3) is 0 Å². The molecule has 1 unspecified atom stereocenters. The van der Waals surface area contributed by atoms with Gasteiger partial charge in [0.05, 0.1) is 22.3 Å². The molecule has 2 aromatic rings. The van der Waals surface area contributed by atoms with E-state index in [1.54, 1.807) is 24.3 Å². The molecule has 0 aliphatic rings. The summed E-state index contributed by atoms with van der Waals surface area (Å²) in [6.07, 6.45) is 0. The summed E-state index contributed by atoms with van der Waals surface area (Å²) >= 11 is 6.08. The lowest BCUT2D eigenvalue weighted by atomic mass is 10.1. The van der Waals surface area contributed by atoms with Gasteiger partial charge in [0.15, 0.2) is 0 Å². The van der Waals surface area contributed by atoms with Gasteiger partial charge in [0.1, 0.15) is 5.82 Å². The molecule has 4 heteroatoms. The third-order valence-electron chi connectivity index (χ3n) is 2.82. The van der Waals surface area contributed by atoms with Crippen LogP contribution in [0.4, 0.5) is 10.1 Å². The summed E-state index contributed by atoms with van der Waals surface area (Å²) in [7, 11) is 0. The number of halogens is 2. The molecule has 0 saturated heterocycles. The molecular formula is C15H12ClFN2. The Labute approximate surface area is 116 Å². The maximum atomic E-state index is 13.2. The molecule has 1 N–H and O–H groups in total. The second kappa shape index (κ2) is 5.73. The highest BCUT2D eigenvalue weighted by molar-refractivity contribution is 6.33. The van der Waals surface area contributed by atoms with Crippen LogP contribution in [0.2, 0.25) is 5.02 Å². The zero-order valence-corrected chi connectivity index (χ0v) is 11.1. The standard InChI is InChI=1S/C15H12ClFN2/c1-10(12-3-2-4-13(17)8-12)19-15-6-5-11(9-18)7-14(15)16/h2-8,10,19H,1H3. The first kappa shape index (κ1) is 13.4. The summed E-state index contributed by atoms with van der Waals surface area (Å²) in [5.74, 6) is -0.267. The van der Waals surface area contributed by atoms with Gasteiger partial charge < -0.3 is 5.32 Å². The van der Waals surface area contributed by atoms with Crippen molar-refractivity contribution in [1.82, 2.24) is 0 Å². The number of anilines is 1. The predicted octanol–water partition coefficient (Wildman–Crippen LogP) is 4.52. The van der Waals surface area contributed by atoms with E-state index in [1.165, 1.54) is 12.1 Å². The molecule has 2 aromatic carbocycles. The second-order valence-corrected chi connectivity index (χ2v) is 4.63. The molecule has 96 valence electrons. The molecule has 0 saturated carbocycles. The molecule has 2 nitrogen and oxygen atoms in total. The lowest BCUT2D eigenvalue weighted by Crippen LogP contribution is -2.07. The Balaban J connectivity index is 2.20. The van der Waals surface area contributed by atoms with Gasteiger partial charge in [0.25, 0.3) is 0 Å². The number of rotatable bonds is 3. The molecule has 0 radical (unpaired) electrons. The zero-order valence-electron chi connectivity index (χ0n) is 10.3. The topological polar surface area (TPSA) is 35.8 Å². The molecule has 0 amide bonds. The van der Waals surface area contributed by atoms with Crippen LogP contribution in [0.15, 0.2) is 42.5 Å². The minimum atomic E-state index is -0.267. The fourth-order valence-corrected chi connectivity index (χ4v) is 2.03. The number of hydrogen-bond acceptors (Lipinski definition) is 2. The van der Waals surface area contributed by atoms with Gasteiger partial charge >= 0.3 is 0 Å². The first-order valence-corrected chi connectivity index (χ1v) is 6.19. The smallest absolute Gasteiger partial charge is 0.123 e. The minimum absolute atomic E-state index is 0.0823. The molecule has 19 heavy (non-hydrogen) atoms. The van der Waals surface area contributed by atoms with Gasteiger partial charge in [-0.2, -0.15) is 5.26 Å². The van der Waals surface area contributed by atoms with Crippen molar-refractivity contribution in [1.29, 1.82) is 5.26 Å². The van der Waals surface area contributed by atoms with E-state index in [-0.39, 0.29) is 11.9 Å². The van der Waals surface area contributed by atoms with Crippen LogP contribution in [0.1, 0.15) is 24.1 Å². The van der Waals surface area contributed by atoms with E-state index in [1.807, 2.05) is 19.1 Å². The third-order valence-corrected chi connectivity index (χ3v) is 3.13. The first-order valence-electron chi connectivity index (χ1n) is 5.82. The van der Waals surface area contributed by atoms with E-state index in [4.69, 9.17) is 16.9 Å². The molecule has 0 bridgehead atoms. The van der Waals surface area contributed by atoms with Crippen LogP contribution in [0, 0.1) is 17.1 Å². The van der Waals surface area contributed by atoms with Crippen molar-refractivity contribution < 1.29 is 4.39 Å². The molecule has 0 spiro atoms. The van der Waals surface area contributed by atoms with Gasteiger partial charge in [0.2, 0.25) is 0 Å². The summed E-state index contributed by atoms with van der Waals surface area (Å²) in [5, 5.41) is 12.4. The van der Waals surface area contributed by atoms with Gasteiger partial charge in [-0.25, -0.2) is 4.39 Å². The largest absolute Gasteiger partial charge is 0.377 e. The van der Waals surface area contributed by atoms with Crippen LogP contribution in [-0.4, -0.2) is 0 Å². The van der Waals surface area contributed by atoms with Gasteiger partial charge in [-0.1, -0.05) is 23.7 Å². The third kappa shape index (κ3) is 3.24. The SMILES string of the molecule is CC(Nc1ccc(C#N)cc1Cl)c1cccc(F)c1. The summed E-state index contributed by atoms with van der Waals surface area (Å²) in [5.41, 5.74) is 2.06. The van der Waals surface area contributed by atoms with Crippen LogP contribution in [0.5, 0.6) is 0 Å². The van der Waals surface area contributed by atoms with Crippen LogP contribution < -0.4 is 5.32 Å². The maximum absolute atomic E-state index is 13.2. The number of hydrogen-bond donors (Lipinski definition) is 1.